The molecule has 2 aromatic carbocycles. The predicted molar refractivity (Wildman–Crippen MR) is 70.4 cm³/mol. The molecular weight excluding hydrogens is 271 g/mol. The molecule has 0 saturated carbocycles. The summed E-state index contributed by atoms with van der Waals surface area (Å²) < 4.78 is 19.1. The van der Waals surface area contributed by atoms with Crippen LogP contribution in [-0.4, -0.2) is 18.2 Å². The van der Waals surface area contributed by atoms with E-state index in [0.717, 1.165) is 0 Å². The third-order valence-corrected chi connectivity index (χ3v) is 3.00. The first-order valence-electron chi connectivity index (χ1n) is 5.40. The lowest BCUT2D eigenvalue weighted by molar-refractivity contribution is 0.0692. The molecule has 0 fully saturated rings. The van der Waals surface area contributed by atoms with Gasteiger partial charge in [0.15, 0.2) is 0 Å². The molecule has 1 N–H and O–H groups in total. The molecule has 0 spiro atoms. The highest BCUT2D eigenvalue weighted by atomic mass is 35.5. The Kier molecular flexibility index (Phi) is 3.71. The van der Waals surface area contributed by atoms with Gasteiger partial charge >= 0.3 is 5.97 Å². The summed E-state index contributed by atoms with van der Waals surface area (Å²) in [5, 5.41) is 9.30. The van der Waals surface area contributed by atoms with Gasteiger partial charge in [-0.1, -0.05) is 29.8 Å². The van der Waals surface area contributed by atoms with Gasteiger partial charge in [0.2, 0.25) is 0 Å². The van der Waals surface area contributed by atoms with E-state index in [2.05, 4.69) is 0 Å². The Labute approximate surface area is 114 Å². The maximum Gasteiger partial charge on any atom is 0.338 e. The molecule has 0 aromatic heterocycles. The van der Waals surface area contributed by atoms with Gasteiger partial charge in [-0.05, 0) is 23.8 Å². The number of methoxy groups -OCH3 is 1. The van der Waals surface area contributed by atoms with E-state index in [-0.39, 0.29) is 11.1 Å². The first-order valence-corrected chi connectivity index (χ1v) is 5.78. The normalized spacial score (nSPS) is 10.3. The zero-order valence-corrected chi connectivity index (χ0v) is 10.7. The molecule has 0 atom stereocenters. The van der Waals surface area contributed by atoms with Crippen LogP contribution in [0.5, 0.6) is 5.75 Å². The van der Waals surface area contributed by atoms with Crippen LogP contribution in [0, 0.1) is 5.82 Å². The summed E-state index contributed by atoms with van der Waals surface area (Å²) in [6.45, 7) is 0. The average molecular weight is 281 g/mol. The highest BCUT2D eigenvalue weighted by Gasteiger charge is 2.15. The van der Waals surface area contributed by atoms with Crippen molar-refractivity contribution in [2.75, 3.05) is 7.11 Å². The standard InChI is InChI=1S/C14H10ClFO3/c1-19-12-7-8(5-6-11(12)15)9-3-2-4-10(13(9)16)14(17)18/h2-7H,1H3,(H,17,18). The Bertz CT molecular complexity index is 641. The number of aromatic carboxylic acids is 1. The van der Waals surface area contributed by atoms with Gasteiger partial charge in [0, 0.05) is 5.56 Å². The highest BCUT2D eigenvalue weighted by molar-refractivity contribution is 6.32. The monoisotopic (exact) mass is 280 g/mol. The van der Waals surface area contributed by atoms with Gasteiger partial charge in [0.1, 0.15) is 11.6 Å². The molecule has 0 aliphatic rings. The van der Waals surface area contributed by atoms with Crippen LogP contribution in [0.4, 0.5) is 4.39 Å². The SMILES string of the molecule is COc1cc(-c2cccc(C(=O)O)c2F)ccc1Cl. The molecule has 19 heavy (non-hydrogen) atoms. The van der Waals surface area contributed by atoms with E-state index in [0.29, 0.717) is 16.3 Å². The fourth-order valence-electron chi connectivity index (χ4n) is 1.75. The molecule has 0 amide bonds. The molecule has 5 heteroatoms. The van der Waals surface area contributed by atoms with E-state index >= 15 is 0 Å². The van der Waals surface area contributed by atoms with Gasteiger partial charge in [0.25, 0.3) is 0 Å². The van der Waals surface area contributed by atoms with Crippen molar-refractivity contribution in [1.29, 1.82) is 0 Å². The molecule has 98 valence electrons. The summed E-state index contributed by atoms with van der Waals surface area (Å²) in [6, 6.07) is 8.95. The maximum atomic E-state index is 14.1. The smallest absolute Gasteiger partial charge is 0.338 e. The van der Waals surface area contributed by atoms with Gasteiger partial charge in [-0.2, -0.15) is 0 Å². The Morgan fingerprint density at radius 3 is 2.68 bits per heavy atom. The number of carboxylic acid groups (broad SMARTS) is 1. The predicted octanol–water partition coefficient (Wildman–Crippen LogP) is 3.85. The Morgan fingerprint density at radius 2 is 2.05 bits per heavy atom. The van der Waals surface area contributed by atoms with Gasteiger partial charge in [0.05, 0.1) is 17.7 Å². The average Bonchev–Trinajstić information content (AvgIpc) is 2.39. The van der Waals surface area contributed by atoms with Crippen molar-refractivity contribution in [2.45, 2.75) is 0 Å². The van der Waals surface area contributed by atoms with Gasteiger partial charge in [-0.25, -0.2) is 9.18 Å². The van der Waals surface area contributed by atoms with Crippen LogP contribution in [0.25, 0.3) is 11.1 Å². The number of rotatable bonds is 3. The van der Waals surface area contributed by atoms with Crippen molar-refractivity contribution in [3.05, 3.63) is 52.8 Å². The summed E-state index contributed by atoms with van der Waals surface area (Å²) in [5.74, 6) is -1.68. The number of ether oxygens (including phenoxy) is 1. The molecule has 0 bridgehead atoms. The van der Waals surface area contributed by atoms with Crippen LogP contribution in [0.1, 0.15) is 10.4 Å². The molecule has 0 aliphatic carbocycles. The van der Waals surface area contributed by atoms with Gasteiger partial charge in [-0.15, -0.1) is 0 Å². The van der Waals surface area contributed by atoms with Crippen LogP contribution in [0.2, 0.25) is 5.02 Å². The lowest BCUT2D eigenvalue weighted by Crippen LogP contribution is -2.01. The maximum absolute atomic E-state index is 14.1. The zero-order chi connectivity index (χ0) is 14.0. The molecule has 0 radical (unpaired) electrons. The van der Waals surface area contributed by atoms with E-state index in [4.69, 9.17) is 21.4 Å². The number of hydrogen-bond donors (Lipinski definition) is 1. The summed E-state index contributed by atoms with van der Waals surface area (Å²) in [7, 11) is 1.45. The first-order chi connectivity index (χ1) is 9.04. The quantitative estimate of drug-likeness (QED) is 0.929. The minimum Gasteiger partial charge on any atom is -0.495 e. The fourth-order valence-corrected chi connectivity index (χ4v) is 1.94. The third-order valence-electron chi connectivity index (χ3n) is 2.69. The van der Waals surface area contributed by atoms with Gasteiger partial charge in [-0.3, -0.25) is 0 Å². The Morgan fingerprint density at radius 1 is 1.32 bits per heavy atom. The van der Waals surface area contributed by atoms with Crippen molar-refractivity contribution in [3.8, 4) is 16.9 Å². The van der Waals surface area contributed by atoms with Crippen molar-refractivity contribution in [3.63, 3.8) is 0 Å². The van der Waals surface area contributed by atoms with Crippen LogP contribution >= 0.6 is 11.6 Å². The highest BCUT2D eigenvalue weighted by Crippen LogP contribution is 2.32. The summed E-state index contributed by atoms with van der Waals surface area (Å²) >= 11 is 5.89. The second-order valence-electron chi connectivity index (χ2n) is 3.82. The second kappa shape index (κ2) is 5.28. The molecule has 0 heterocycles. The van der Waals surface area contributed by atoms with E-state index in [9.17, 15) is 9.18 Å². The minimum atomic E-state index is -1.31. The van der Waals surface area contributed by atoms with E-state index in [1.807, 2.05) is 0 Å². The number of halogens is 2. The summed E-state index contributed by atoms with van der Waals surface area (Å²) in [5.41, 5.74) is 0.322. The lowest BCUT2D eigenvalue weighted by Gasteiger charge is -2.09. The van der Waals surface area contributed by atoms with Crippen LogP contribution < -0.4 is 4.74 Å². The molecule has 3 nitrogen and oxygen atoms in total. The van der Waals surface area contributed by atoms with E-state index < -0.39 is 11.8 Å². The minimum absolute atomic E-state index is 0.190. The second-order valence-corrected chi connectivity index (χ2v) is 4.23. The third kappa shape index (κ3) is 2.53. The number of benzene rings is 2. The number of carboxylic acids is 1. The zero-order valence-electron chi connectivity index (χ0n) is 9.98. The largest absolute Gasteiger partial charge is 0.495 e. The van der Waals surface area contributed by atoms with Gasteiger partial charge < -0.3 is 9.84 Å². The Hall–Kier alpha value is -2.07. The topological polar surface area (TPSA) is 46.5 Å². The van der Waals surface area contributed by atoms with E-state index in [1.54, 1.807) is 18.2 Å². The van der Waals surface area contributed by atoms with E-state index in [1.165, 1.54) is 25.3 Å². The van der Waals surface area contributed by atoms with Crippen LogP contribution in [0.3, 0.4) is 0 Å². The summed E-state index contributed by atoms with van der Waals surface area (Å²) in [4.78, 5) is 10.9. The summed E-state index contributed by atoms with van der Waals surface area (Å²) in [6.07, 6.45) is 0. The lowest BCUT2D eigenvalue weighted by atomic mass is 10.0. The molecule has 2 rings (SSSR count). The number of hydrogen-bond acceptors (Lipinski definition) is 2. The van der Waals surface area contributed by atoms with Crippen LogP contribution in [-0.2, 0) is 0 Å². The molecular formula is C14H10ClFO3. The van der Waals surface area contributed by atoms with Crippen molar-refractivity contribution >= 4 is 17.6 Å². The first kappa shape index (κ1) is 13.4. The fraction of sp³-hybridized carbons (Fsp3) is 0.0714. The van der Waals surface area contributed by atoms with Crippen molar-refractivity contribution in [2.24, 2.45) is 0 Å². The van der Waals surface area contributed by atoms with Crippen molar-refractivity contribution < 1.29 is 19.0 Å². The Balaban J connectivity index is 2.59. The molecule has 2 aromatic rings. The van der Waals surface area contributed by atoms with Crippen molar-refractivity contribution in [1.82, 2.24) is 0 Å². The number of carbonyl (C=O) groups is 1. The van der Waals surface area contributed by atoms with Crippen LogP contribution in [0.15, 0.2) is 36.4 Å². The molecule has 0 aliphatic heterocycles. The molecule has 0 unspecified atom stereocenters. The molecule has 0 saturated heterocycles.